The number of alkyl halides is 1. The van der Waals surface area contributed by atoms with Crippen LogP contribution in [0, 0.1) is 0 Å². The fraction of sp³-hybridized carbons (Fsp3) is 0.333. The standard InChI is InChI=1S/C18H21Br/c1-13(19)15-6-5-7-16(12-15)14-8-10-17(11-9-14)18(2,3)4/h5-13H,1-4H3. The molecule has 2 rings (SSSR count). The maximum absolute atomic E-state index is 3.63. The highest BCUT2D eigenvalue weighted by Gasteiger charge is 2.13. The van der Waals surface area contributed by atoms with Crippen LogP contribution >= 0.6 is 15.9 Å². The van der Waals surface area contributed by atoms with Gasteiger partial charge in [0.1, 0.15) is 0 Å². The molecule has 1 unspecified atom stereocenters. The van der Waals surface area contributed by atoms with Crippen LogP contribution in [0.4, 0.5) is 0 Å². The first-order valence-corrected chi connectivity index (χ1v) is 7.64. The first-order valence-electron chi connectivity index (χ1n) is 6.73. The summed E-state index contributed by atoms with van der Waals surface area (Å²) in [4.78, 5) is 0.390. The predicted molar refractivity (Wildman–Crippen MR) is 87.9 cm³/mol. The fourth-order valence-electron chi connectivity index (χ4n) is 2.13. The van der Waals surface area contributed by atoms with Crippen LogP contribution in [-0.2, 0) is 5.41 Å². The Morgan fingerprint density at radius 2 is 1.53 bits per heavy atom. The van der Waals surface area contributed by atoms with Gasteiger partial charge in [-0.1, -0.05) is 85.2 Å². The van der Waals surface area contributed by atoms with Crippen molar-refractivity contribution < 1.29 is 0 Å². The molecule has 0 saturated carbocycles. The summed E-state index contributed by atoms with van der Waals surface area (Å²) in [6.07, 6.45) is 0. The van der Waals surface area contributed by atoms with E-state index in [1.165, 1.54) is 22.3 Å². The molecule has 0 N–H and O–H groups in total. The Kier molecular flexibility index (Phi) is 4.15. The second-order valence-electron chi connectivity index (χ2n) is 6.07. The number of hydrogen-bond donors (Lipinski definition) is 0. The van der Waals surface area contributed by atoms with Crippen molar-refractivity contribution in [3.05, 3.63) is 59.7 Å². The minimum atomic E-state index is 0.213. The van der Waals surface area contributed by atoms with Gasteiger partial charge in [-0.05, 0) is 34.6 Å². The minimum Gasteiger partial charge on any atom is -0.0842 e. The van der Waals surface area contributed by atoms with Crippen molar-refractivity contribution in [1.82, 2.24) is 0 Å². The van der Waals surface area contributed by atoms with Crippen LogP contribution in [0.15, 0.2) is 48.5 Å². The number of hydrogen-bond acceptors (Lipinski definition) is 0. The van der Waals surface area contributed by atoms with Gasteiger partial charge in [-0.2, -0.15) is 0 Å². The van der Waals surface area contributed by atoms with E-state index in [0.717, 1.165) is 0 Å². The van der Waals surface area contributed by atoms with Crippen molar-refractivity contribution in [2.75, 3.05) is 0 Å². The molecular weight excluding hydrogens is 296 g/mol. The highest BCUT2D eigenvalue weighted by Crippen LogP contribution is 2.29. The fourth-order valence-corrected chi connectivity index (χ4v) is 2.41. The molecule has 100 valence electrons. The topological polar surface area (TPSA) is 0 Å². The van der Waals surface area contributed by atoms with Crippen LogP contribution < -0.4 is 0 Å². The molecule has 0 aliphatic carbocycles. The van der Waals surface area contributed by atoms with E-state index in [1.807, 2.05) is 0 Å². The summed E-state index contributed by atoms with van der Waals surface area (Å²) in [6.45, 7) is 8.89. The molecule has 0 spiro atoms. The molecule has 0 aromatic heterocycles. The SMILES string of the molecule is CC(Br)c1cccc(-c2ccc(C(C)(C)C)cc2)c1. The summed E-state index contributed by atoms with van der Waals surface area (Å²) in [5.74, 6) is 0. The van der Waals surface area contributed by atoms with Crippen LogP contribution in [0.5, 0.6) is 0 Å². The lowest BCUT2D eigenvalue weighted by Gasteiger charge is -2.19. The Morgan fingerprint density at radius 1 is 0.895 bits per heavy atom. The predicted octanol–water partition coefficient (Wildman–Crippen LogP) is 6.11. The normalized spacial score (nSPS) is 13.3. The van der Waals surface area contributed by atoms with Gasteiger partial charge >= 0.3 is 0 Å². The molecule has 2 aromatic carbocycles. The second kappa shape index (κ2) is 5.50. The minimum absolute atomic E-state index is 0.213. The lowest BCUT2D eigenvalue weighted by molar-refractivity contribution is 0.590. The van der Waals surface area contributed by atoms with Crippen molar-refractivity contribution in [1.29, 1.82) is 0 Å². The van der Waals surface area contributed by atoms with Crippen molar-refractivity contribution in [3.63, 3.8) is 0 Å². The number of benzene rings is 2. The van der Waals surface area contributed by atoms with Gasteiger partial charge in [-0.25, -0.2) is 0 Å². The maximum atomic E-state index is 3.63. The zero-order valence-corrected chi connectivity index (χ0v) is 13.7. The van der Waals surface area contributed by atoms with E-state index in [9.17, 15) is 0 Å². The van der Waals surface area contributed by atoms with Gasteiger partial charge < -0.3 is 0 Å². The van der Waals surface area contributed by atoms with Gasteiger partial charge in [0.25, 0.3) is 0 Å². The third-order valence-corrected chi connectivity index (χ3v) is 3.96. The third-order valence-electron chi connectivity index (χ3n) is 3.43. The molecule has 0 aliphatic heterocycles. The third kappa shape index (κ3) is 3.48. The van der Waals surface area contributed by atoms with Crippen molar-refractivity contribution >= 4 is 15.9 Å². The van der Waals surface area contributed by atoms with Crippen LogP contribution in [0.1, 0.15) is 43.6 Å². The largest absolute Gasteiger partial charge is 0.0842 e. The summed E-state index contributed by atoms with van der Waals surface area (Å²) < 4.78 is 0. The molecule has 0 nitrogen and oxygen atoms in total. The van der Waals surface area contributed by atoms with Crippen LogP contribution in [0.25, 0.3) is 11.1 Å². The second-order valence-corrected chi connectivity index (χ2v) is 7.44. The number of halogens is 1. The van der Waals surface area contributed by atoms with Gasteiger partial charge in [-0.15, -0.1) is 0 Å². The molecule has 0 heterocycles. The number of rotatable bonds is 2. The average Bonchev–Trinajstić information content (AvgIpc) is 2.38. The van der Waals surface area contributed by atoms with Crippen LogP contribution in [0.3, 0.4) is 0 Å². The first-order chi connectivity index (χ1) is 8.88. The molecule has 0 radical (unpaired) electrons. The smallest absolute Gasteiger partial charge is 0.0367 e. The summed E-state index contributed by atoms with van der Waals surface area (Å²) in [6, 6.07) is 17.6. The van der Waals surface area contributed by atoms with Gasteiger partial charge in [0.15, 0.2) is 0 Å². The van der Waals surface area contributed by atoms with Gasteiger partial charge in [0, 0.05) is 4.83 Å². The van der Waals surface area contributed by atoms with Crippen LogP contribution in [0.2, 0.25) is 0 Å². The molecule has 0 saturated heterocycles. The zero-order valence-electron chi connectivity index (χ0n) is 12.1. The monoisotopic (exact) mass is 316 g/mol. The van der Waals surface area contributed by atoms with Crippen molar-refractivity contribution in [3.8, 4) is 11.1 Å². The van der Waals surface area contributed by atoms with Crippen LogP contribution in [-0.4, -0.2) is 0 Å². The summed E-state index contributed by atoms with van der Waals surface area (Å²) >= 11 is 3.63. The lowest BCUT2D eigenvalue weighted by Crippen LogP contribution is -2.10. The Bertz CT molecular complexity index is 545. The molecule has 2 aromatic rings. The molecular formula is C18H21Br. The Labute approximate surface area is 125 Å². The van der Waals surface area contributed by atoms with Gasteiger partial charge in [0.2, 0.25) is 0 Å². The van der Waals surface area contributed by atoms with E-state index in [4.69, 9.17) is 0 Å². The van der Waals surface area contributed by atoms with E-state index in [0.29, 0.717) is 4.83 Å². The Morgan fingerprint density at radius 3 is 2.05 bits per heavy atom. The molecule has 0 bridgehead atoms. The highest BCUT2D eigenvalue weighted by atomic mass is 79.9. The quantitative estimate of drug-likeness (QED) is 0.586. The van der Waals surface area contributed by atoms with Crippen molar-refractivity contribution in [2.45, 2.75) is 37.9 Å². The molecule has 0 amide bonds. The van der Waals surface area contributed by atoms with Crippen molar-refractivity contribution in [2.24, 2.45) is 0 Å². The maximum Gasteiger partial charge on any atom is 0.0367 e. The summed E-state index contributed by atoms with van der Waals surface area (Å²) in [5.41, 5.74) is 5.47. The molecule has 1 atom stereocenters. The Balaban J connectivity index is 2.35. The lowest BCUT2D eigenvalue weighted by atomic mass is 9.86. The average molecular weight is 317 g/mol. The van der Waals surface area contributed by atoms with Gasteiger partial charge in [-0.3, -0.25) is 0 Å². The van der Waals surface area contributed by atoms with E-state index in [1.54, 1.807) is 0 Å². The first kappa shape index (κ1) is 14.3. The molecule has 19 heavy (non-hydrogen) atoms. The molecule has 1 heteroatoms. The summed E-state index contributed by atoms with van der Waals surface area (Å²) in [5, 5.41) is 0. The summed E-state index contributed by atoms with van der Waals surface area (Å²) in [7, 11) is 0. The van der Waals surface area contributed by atoms with E-state index < -0.39 is 0 Å². The zero-order chi connectivity index (χ0) is 14.0. The Hall–Kier alpha value is -1.08. The van der Waals surface area contributed by atoms with E-state index in [-0.39, 0.29) is 5.41 Å². The molecule has 0 aliphatic rings. The van der Waals surface area contributed by atoms with E-state index in [2.05, 4.69) is 92.2 Å². The van der Waals surface area contributed by atoms with E-state index >= 15 is 0 Å². The van der Waals surface area contributed by atoms with Gasteiger partial charge in [0.05, 0.1) is 0 Å². The highest BCUT2D eigenvalue weighted by molar-refractivity contribution is 9.09. The molecule has 0 fully saturated rings.